The lowest BCUT2D eigenvalue weighted by atomic mass is 10.2. The van der Waals surface area contributed by atoms with E-state index in [-0.39, 0.29) is 29.8 Å². The lowest BCUT2D eigenvalue weighted by Crippen LogP contribution is -2.25. The largest absolute Gasteiger partial charge is 0.424 e. The third-order valence-corrected chi connectivity index (χ3v) is 3.00. The van der Waals surface area contributed by atoms with Gasteiger partial charge in [-0.1, -0.05) is 18.2 Å². The highest BCUT2D eigenvalue weighted by Crippen LogP contribution is 2.15. The Morgan fingerprint density at radius 3 is 2.74 bits per heavy atom. The summed E-state index contributed by atoms with van der Waals surface area (Å²) in [7, 11) is 0. The van der Waals surface area contributed by atoms with E-state index in [2.05, 4.69) is 15.6 Å². The van der Waals surface area contributed by atoms with E-state index in [0.29, 0.717) is 24.4 Å². The molecule has 23 heavy (non-hydrogen) atoms. The van der Waals surface area contributed by atoms with Crippen molar-refractivity contribution in [1.29, 1.82) is 5.26 Å². The molecule has 1 heterocycles. The van der Waals surface area contributed by atoms with E-state index in [0.717, 1.165) is 0 Å². The molecule has 0 aliphatic heterocycles. The van der Waals surface area contributed by atoms with Gasteiger partial charge >= 0.3 is 0 Å². The fourth-order valence-corrected chi connectivity index (χ4v) is 1.92. The summed E-state index contributed by atoms with van der Waals surface area (Å²) >= 11 is 0. The molecule has 0 saturated carbocycles. The number of aromatic nitrogens is 1. The summed E-state index contributed by atoms with van der Waals surface area (Å²) in [6.07, 6.45) is 0.666. The molecule has 2 rings (SSSR count). The number of nitrogens with zero attached hydrogens (tertiary/aromatic N) is 2. The van der Waals surface area contributed by atoms with E-state index in [1.807, 2.05) is 12.1 Å². The van der Waals surface area contributed by atoms with Gasteiger partial charge in [0, 0.05) is 25.5 Å². The Labute approximate surface area is 133 Å². The maximum Gasteiger partial charge on any atom is 0.251 e. The molecule has 1 aromatic carbocycles. The number of hydrogen-bond donors (Lipinski definition) is 2. The molecule has 2 amide bonds. The fraction of sp³-hybridized carbons (Fsp3) is 0.250. The Hall–Kier alpha value is -3.14. The van der Waals surface area contributed by atoms with Crippen LogP contribution >= 0.6 is 0 Å². The molecular weight excluding hydrogens is 296 g/mol. The summed E-state index contributed by atoms with van der Waals surface area (Å²) in [4.78, 5) is 27.4. The second-order valence-electron chi connectivity index (χ2n) is 4.80. The molecule has 2 N–H and O–H groups in total. The van der Waals surface area contributed by atoms with Gasteiger partial charge in [-0.15, -0.1) is 0 Å². The van der Waals surface area contributed by atoms with Crippen molar-refractivity contribution >= 4 is 17.7 Å². The summed E-state index contributed by atoms with van der Waals surface area (Å²) in [6, 6.07) is 10.7. The molecule has 0 radical (unpaired) electrons. The number of nitriles is 1. The minimum absolute atomic E-state index is 0.0493. The molecule has 7 nitrogen and oxygen atoms in total. The summed E-state index contributed by atoms with van der Waals surface area (Å²) in [5.74, 6) is -0.106. The quantitative estimate of drug-likeness (QED) is 0.793. The topological polar surface area (TPSA) is 108 Å². The molecule has 0 unspecified atom stereocenters. The highest BCUT2D eigenvalue weighted by Gasteiger charge is 2.13. The molecule has 0 bridgehead atoms. The second-order valence-corrected chi connectivity index (χ2v) is 4.80. The summed E-state index contributed by atoms with van der Waals surface area (Å²) in [5, 5.41) is 14.1. The molecule has 0 fully saturated rings. The van der Waals surface area contributed by atoms with E-state index in [1.165, 1.54) is 0 Å². The van der Waals surface area contributed by atoms with Gasteiger partial charge in [-0.3, -0.25) is 14.9 Å². The predicted molar refractivity (Wildman–Crippen MR) is 82.6 cm³/mol. The van der Waals surface area contributed by atoms with Crippen molar-refractivity contribution in [2.45, 2.75) is 19.8 Å². The van der Waals surface area contributed by atoms with E-state index >= 15 is 0 Å². The molecular formula is C16H16N4O3. The van der Waals surface area contributed by atoms with Crippen molar-refractivity contribution in [2.24, 2.45) is 0 Å². The van der Waals surface area contributed by atoms with Gasteiger partial charge in [0.1, 0.15) is 6.07 Å². The average Bonchev–Trinajstić information content (AvgIpc) is 2.91. The van der Waals surface area contributed by atoms with Gasteiger partial charge < -0.3 is 9.73 Å². The summed E-state index contributed by atoms with van der Waals surface area (Å²) in [6.45, 7) is 1.97. The van der Waals surface area contributed by atoms with Crippen LogP contribution in [-0.4, -0.2) is 23.3 Å². The zero-order valence-corrected chi connectivity index (χ0v) is 12.6. The lowest BCUT2D eigenvalue weighted by Gasteiger charge is -2.05. The lowest BCUT2D eigenvalue weighted by molar-refractivity contribution is -0.116. The number of benzene rings is 1. The number of nitrogens with one attached hydrogen (secondary N) is 2. The van der Waals surface area contributed by atoms with Crippen molar-refractivity contribution in [1.82, 2.24) is 10.3 Å². The molecule has 0 aliphatic rings. The molecule has 1 aromatic heterocycles. The smallest absolute Gasteiger partial charge is 0.251 e. The first-order valence-corrected chi connectivity index (χ1v) is 7.11. The van der Waals surface area contributed by atoms with E-state index in [9.17, 15) is 9.59 Å². The highest BCUT2D eigenvalue weighted by molar-refractivity contribution is 5.94. The van der Waals surface area contributed by atoms with Gasteiger partial charge in [0.05, 0.1) is 0 Å². The standard InChI is InChI=1S/C16H16N4O3/c1-11-19-13(10-17)16(23-11)20-14(21)8-5-9-18-15(22)12-6-3-2-4-7-12/h2-4,6-7H,5,8-9H2,1H3,(H,18,22)(H,20,21). The van der Waals surface area contributed by atoms with E-state index in [4.69, 9.17) is 9.68 Å². The maximum atomic E-state index is 11.8. The zero-order chi connectivity index (χ0) is 16.7. The molecule has 7 heteroatoms. The van der Waals surface area contributed by atoms with Crippen LogP contribution in [0.3, 0.4) is 0 Å². The van der Waals surface area contributed by atoms with Crippen LogP contribution in [0.5, 0.6) is 0 Å². The van der Waals surface area contributed by atoms with Gasteiger partial charge in [-0.25, -0.2) is 4.98 Å². The van der Waals surface area contributed by atoms with Gasteiger partial charge in [0.25, 0.3) is 5.91 Å². The normalized spacial score (nSPS) is 9.91. The minimum atomic E-state index is -0.299. The van der Waals surface area contributed by atoms with Crippen LogP contribution in [0.25, 0.3) is 0 Å². The van der Waals surface area contributed by atoms with Crippen molar-refractivity contribution in [2.75, 3.05) is 11.9 Å². The van der Waals surface area contributed by atoms with Gasteiger partial charge in [-0.2, -0.15) is 5.26 Å². The Bertz CT molecular complexity index is 732. The van der Waals surface area contributed by atoms with Crippen molar-refractivity contribution in [3.8, 4) is 6.07 Å². The Kier molecular flexibility index (Phi) is 5.47. The molecule has 0 saturated heterocycles. The third-order valence-electron chi connectivity index (χ3n) is 3.00. The number of hydrogen-bond acceptors (Lipinski definition) is 5. The monoisotopic (exact) mass is 312 g/mol. The minimum Gasteiger partial charge on any atom is -0.424 e. The third kappa shape index (κ3) is 4.68. The number of carbonyl (C=O) groups is 2. The Morgan fingerprint density at radius 1 is 1.30 bits per heavy atom. The fourth-order valence-electron chi connectivity index (χ4n) is 1.92. The number of amides is 2. The van der Waals surface area contributed by atoms with Gasteiger partial charge in [0.15, 0.2) is 5.89 Å². The Balaban J connectivity index is 1.73. The maximum absolute atomic E-state index is 11.8. The first-order chi connectivity index (χ1) is 11.1. The molecule has 0 aliphatic carbocycles. The van der Waals surface area contributed by atoms with Crippen molar-refractivity contribution < 1.29 is 14.0 Å². The SMILES string of the molecule is Cc1nc(C#N)c(NC(=O)CCCNC(=O)c2ccccc2)o1. The second kappa shape index (κ2) is 7.75. The number of anilines is 1. The first kappa shape index (κ1) is 16.2. The van der Waals surface area contributed by atoms with Crippen LogP contribution in [0.15, 0.2) is 34.7 Å². The molecule has 118 valence electrons. The number of aryl methyl sites for hydroxylation is 1. The predicted octanol–water partition coefficient (Wildman–Crippen LogP) is 2.00. The molecule has 2 aromatic rings. The molecule has 0 atom stereocenters. The van der Waals surface area contributed by atoms with E-state index < -0.39 is 0 Å². The van der Waals surface area contributed by atoms with Crippen LogP contribution in [0.2, 0.25) is 0 Å². The van der Waals surface area contributed by atoms with Crippen molar-refractivity contribution in [3.63, 3.8) is 0 Å². The van der Waals surface area contributed by atoms with Crippen LogP contribution in [0.4, 0.5) is 5.88 Å². The Morgan fingerprint density at radius 2 is 2.04 bits per heavy atom. The van der Waals surface area contributed by atoms with E-state index in [1.54, 1.807) is 31.2 Å². The number of rotatable bonds is 6. The van der Waals surface area contributed by atoms with Crippen LogP contribution < -0.4 is 10.6 Å². The average molecular weight is 312 g/mol. The number of oxazole rings is 1. The van der Waals surface area contributed by atoms with Crippen LogP contribution in [-0.2, 0) is 4.79 Å². The van der Waals surface area contributed by atoms with Crippen LogP contribution in [0, 0.1) is 18.3 Å². The molecule has 0 spiro atoms. The van der Waals surface area contributed by atoms with Crippen LogP contribution in [0.1, 0.15) is 34.8 Å². The highest BCUT2D eigenvalue weighted by atomic mass is 16.4. The van der Waals surface area contributed by atoms with Crippen molar-refractivity contribution in [3.05, 3.63) is 47.5 Å². The van der Waals surface area contributed by atoms with Gasteiger partial charge in [0.2, 0.25) is 17.5 Å². The summed E-state index contributed by atoms with van der Waals surface area (Å²) in [5.41, 5.74) is 0.626. The zero-order valence-electron chi connectivity index (χ0n) is 12.6. The van der Waals surface area contributed by atoms with Gasteiger partial charge in [-0.05, 0) is 18.6 Å². The number of carbonyl (C=O) groups excluding carboxylic acids is 2. The summed E-state index contributed by atoms with van der Waals surface area (Å²) < 4.78 is 5.14. The first-order valence-electron chi connectivity index (χ1n) is 7.11.